The van der Waals surface area contributed by atoms with Gasteiger partial charge < -0.3 is 20.3 Å². The Morgan fingerprint density at radius 1 is 1.69 bits per heavy atom. The smallest absolute Gasteiger partial charge is 0.332 e. The Labute approximate surface area is 77.0 Å². The van der Waals surface area contributed by atoms with E-state index in [4.69, 9.17) is 10.2 Å². The summed E-state index contributed by atoms with van der Waals surface area (Å²) in [4.78, 5) is 10.3. The molecule has 0 heterocycles. The second-order valence-corrected chi connectivity index (χ2v) is 2.65. The van der Waals surface area contributed by atoms with E-state index in [0.29, 0.717) is 6.54 Å². The van der Waals surface area contributed by atoms with E-state index in [0.717, 1.165) is 0 Å². The summed E-state index contributed by atoms with van der Waals surface area (Å²) in [7, 11) is 1.49. The molecule has 1 unspecified atom stereocenters. The van der Waals surface area contributed by atoms with Crippen molar-refractivity contribution in [2.75, 3.05) is 26.8 Å². The van der Waals surface area contributed by atoms with Crippen molar-refractivity contribution in [1.82, 2.24) is 5.32 Å². The maximum absolute atomic E-state index is 10.3. The molecular formula is C8H15NO4. The third-order valence-electron chi connectivity index (χ3n) is 1.38. The van der Waals surface area contributed by atoms with Crippen LogP contribution in [-0.2, 0) is 9.53 Å². The van der Waals surface area contributed by atoms with Crippen LogP contribution in [0, 0.1) is 0 Å². The zero-order valence-electron chi connectivity index (χ0n) is 7.62. The molecule has 0 saturated carbocycles. The van der Waals surface area contributed by atoms with Crippen molar-refractivity contribution in [2.45, 2.75) is 6.10 Å². The van der Waals surface area contributed by atoms with Gasteiger partial charge in [0, 0.05) is 25.8 Å². The molecule has 76 valence electrons. The SMILES string of the molecule is C=C(CNCC(O)COC)C(=O)O. The predicted molar refractivity (Wildman–Crippen MR) is 47.5 cm³/mol. The number of carboxylic acids is 1. The molecule has 0 spiro atoms. The molecule has 5 heteroatoms. The first kappa shape index (κ1) is 12.1. The lowest BCUT2D eigenvalue weighted by molar-refractivity contribution is -0.132. The minimum atomic E-state index is -1.03. The number of carbonyl (C=O) groups is 1. The summed E-state index contributed by atoms with van der Waals surface area (Å²) < 4.78 is 4.68. The highest BCUT2D eigenvalue weighted by Crippen LogP contribution is 1.87. The largest absolute Gasteiger partial charge is 0.478 e. The molecule has 0 amide bonds. The van der Waals surface area contributed by atoms with E-state index in [-0.39, 0.29) is 18.7 Å². The molecule has 0 bridgehead atoms. The minimum Gasteiger partial charge on any atom is -0.478 e. The van der Waals surface area contributed by atoms with E-state index in [9.17, 15) is 4.79 Å². The van der Waals surface area contributed by atoms with Gasteiger partial charge in [-0.2, -0.15) is 0 Å². The fourth-order valence-corrected chi connectivity index (χ4v) is 0.717. The Hall–Kier alpha value is -0.910. The summed E-state index contributed by atoms with van der Waals surface area (Å²) in [5.41, 5.74) is 0.0737. The van der Waals surface area contributed by atoms with Gasteiger partial charge in [-0.3, -0.25) is 0 Å². The Bertz CT molecular complexity index is 181. The Morgan fingerprint density at radius 2 is 2.31 bits per heavy atom. The van der Waals surface area contributed by atoms with Crippen LogP contribution in [0.2, 0.25) is 0 Å². The first-order valence-electron chi connectivity index (χ1n) is 3.86. The van der Waals surface area contributed by atoms with Crippen LogP contribution in [0.3, 0.4) is 0 Å². The van der Waals surface area contributed by atoms with Gasteiger partial charge in [-0.05, 0) is 0 Å². The standard InChI is InChI=1S/C8H15NO4/c1-6(8(11)12)3-9-4-7(10)5-13-2/h7,9-10H,1,3-5H2,2H3,(H,11,12). The number of aliphatic hydroxyl groups excluding tert-OH is 1. The topological polar surface area (TPSA) is 78.8 Å². The van der Waals surface area contributed by atoms with Crippen LogP contribution in [0.4, 0.5) is 0 Å². The number of rotatable bonds is 7. The summed E-state index contributed by atoms with van der Waals surface area (Å²) in [6.45, 7) is 4.01. The monoisotopic (exact) mass is 189 g/mol. The Kier molecular flexibility index (Phi) is 6.13. The average Bonchev–Trinajstić information content (AvgIpc) is 2.04. The van der Waals surface area contributed by atoms with Crippen molar-refractivity contribution < 1.29 is 19.7 Å². The van der Waals surface area contributed by atoms with Gasteiger partial charge in [-0.1, -0.05) is 6.58 Å². The lowest BCUT2D eigenvalue weighted by Crippen LogP contribution is -2.32. The molecule has 0 aliphatic heterocycles. The quantitative estimate of drug-likeness (QED) is 0.458. The van der Waals surface area contributed by atoms with E-state index in [1.54, 1.807) is 0 Å². The normalized spacial score (nSPS) is 12.5. The van der Waals surface area contributed by atoms with Gasteiger partial charge in [-0.15, -0.1) is 0 Å². The molecule has 1 atom stereocenters. The fraction of sp³-hybridized carbons (Fsp3) is 0.625. The van der Waals surface area contributed by atoms with Gasteiger partial charge in [0.1, 0.15) is 0 Å². The Balaban J connectivity index is 3.44. The molecule has 0 radical (unpaired) electrons. The molecule has 0 rings (SSSR count). The maximum Gasteiger partial charge on any atom is 0.332 e. The second kappa shape index (κ2) is 6.59. The first-order valence-corrected chi connectivity index (χ1v) is 3.86. The minimum absolute atomic E-state index is 0.0737. The van der Waals surface area contributed by atoms with Gasteiger partial charge >= 0.3 is 5.97 Å². The summed E-state index contributed by atoms with van der Waals surface area (Å²) in [5.74, 6) is -1.03. The van der Waals surface area contributed by atoms with Crippen molar-refractivity contribution >= 4 is 5.97 Å². The van der Waals surface area contributed by atoms with Crippen molar-refractivity contribution in [1.29, 1.82) is 0 Å². The zero-order valence-corrected chi connectivity index (χ0v) is 7.62. The van der Waals surface area contributed by atoms with Gasteiger partial charge in [0.15, 0.2) is 0 Å². The summed E-state index contributed by atoms with van der Waals surface area (Å²) in [6.07, 6.45) is -0.619. The highest BCUT2D eigenvalue weighted by atomic mass is 16.5. The summed E-state index contributed by atoms with van der Waals surface area (Å²) in [5, 5.41) is 20.3. The van der Waals surface area contributed by atoms with E-state index >= 15 is 0 Å². The number of nitrogens with one attached hydrogen (secondary N) is 1. The predicted octanol–water partition coefficient (Wildman–Crippen LogP) is -0.776. The van der Waals surface area contributed by atoms with Crippen LogP contribution in [-0.4, -0.2) is 49.1 Å². The van der Waals surface area contributed by atoms with E-state index in [2.05, 4.69) is 16.6 Å². The van der Waals surface area contributed by atoms with Crippen LogP contribution in [0.5, 0.6) is 0 Å². The number of carboxylic acid groups (broad SMARTS) is 1. The first-order chi connectivity index (χ1) is 6.07. The molecule has 0 fully saturated rings. The molecule has 5 nitrogen and oxygen atoms in total. The van der Waals surface area contributed by atoms with Crippen molar-refractivity contribution in [3.8, 4) is 0 Å². The van der Waals surface area contributed by atoms with E-state index < -0.39 is 12.1 Å². The number of aliphatic hydroxyl groups is 1. The summed E-state index contributed by atoms with van der Waals surface area (Å²) >= 11 is 0. The van der Waals surface area contributed by atoms with Crippen molar-refractivity contribution in [3.63, 3.8) is 0 Å². The maximum atomic E-state index is 10.3. The van der Waals surface area contributed by atoms with Gasteiger partial charge in [0.2, 0.25) is 0 Å². The molecule has 0 aromatic heterocycles. The highest BCUT2D eigenvalue weighted by molar-refractivity contribution is 5.86. The lowest BCUT2D eigenvalue weighted by atomic mass is 10.3. The number of aliphatic carboxylic acids is 1. The average molecular weight is 189 g/mol. The van der Waals surface area contributed by atoms with Gasteiger partial charge in [-0.25, -0.2) is 4.79 Å². The highest BCUT2D eigenvalue weighted by Gasteiger charge is 2.05. The molecule has 0 aliphatic rings. The van der Waals surface area contributed by atoms with E-state index in [1.807, 2.05) is 0 Å². The lowest BCUT2D eigenvalue weighted by Gasteiger charge is -2.10. The van der Waals surface area contributed by atoms with Crippen LogP contribution < -0.4 is 5.32 Å². The molecule has 0 saturated heterocycles. The van der Waals surface area contributed by atoms with Crippen molar-refractivity contribution in [3.05, 3.63) is 12.2 Å². The fourth-order valence-electron chi connectivity index (χ4n) is 0.717. The van der Waals surface area contributed by atoms with Crippen LogP contribution in [0.25, 0.3) is 0 Å². The second-order valence-electron chi connectivity index (χ2n) is 2.65. The number of hydrogen-bond acceptors (Lipinski definition) is 4. The third-order valence-corrected chi connectivity index (χ3v) is 1.38. The third kappa shape index (κ3) is 6.27. The van der Waals surface area contributed by atoms with Crippen LogP contribution >= 0.6 is 0 Å². The molecule has 13 heavy (non-hydrogen) atoms. The molecular weight excluding hydrogens is 174 g/mol. The van der Waals surface area contributed by atoms with Crippen LogP contribution in [0.1, 0.15) is 0 Å². The summed E-state index contributed by atoms with van der Waals surface area (Å²) in [6, 6.07) is 0. The van der Waals surface area contributed by atoms with E-state index in [1.165, 1.54) is 7.11 Å². The molecule has 0 aromatic carbocycles. The van der Waals surface area contributed by atoms with Crippen molar-refractivity contribution in [2.24, 2.45) is 0 Å². The molecule has 0 aromatic rings. The molecule has 3 N–H and O–H groups in total. The number of ether oxygens (including phenoxy) is 1. The van der Waals surface area contributed by atoms with Crippen LogP contribution in [0.15, 0.2) is 12.2 Å². The number of hydrogen-bond donors (Lipinski definition) is 3. The van der Waals surface area contributed by atoms with Gasteiger partial charge in [0.25, 0.3) is 0 Å². The zero-order chi connectivity index (χ0) is 10.3. The number of methoxy groups -OCH3 is 1. The van der Waals surface area contributed by atoms with Gasteiger partial charge in [0.05, 0.1) is 12.7 Å². The Morgan fingerprint density at radius 3 is 2.77 bits per heavy atom. The molecule has 0 aliphatic carbocycles.